The number of hydrogen-bond donors (Lipinski definition) is 1. The first-order valence-electron chi connectivity index (χ1n) is 5.80. The smallest absolute Gasteiger partial charge is 0.337 e. The van der Waals surface area contributed by atoms with E-state index in [4.69, 9.17) is 16.3 Å². The van der Waals surface area contributed by atoms with E-state index in [0.717, 1.165) is 12.8 Å². The van der Waals surface area contributed by atoms with Crippen molar-refractivity contribution in [3.8, 4) is 0 Å². The first kappa shape index (κ1) is 16.9. The molecule has 0 heterocycles. The highest BCUT2D eigenvalue weighted by Gasteiger charge is 2.23. The first-order chi connectivity index (χ1) is 8.51. The SMILES string of the molecule is C=CCOC(=O)CC(O)C(=O)OC(Cl)CCCC. The molecule has 0 aliphatic carbocycles. The van der Waals surface area contributed by atoms with Crippen LogP contribution in [0.2, 0.25) is 0 Å². The summed E-state index contributed by atoms with van der Waals surface area (Å²) in [5.74, 6) is -1.61. The van der Waals surface area contributed by atoms with Crippen LogP contribution in [-0.2, 0) is 19.1 Å². The monoisotopic (exact) mass is 278 g/mol. The van der Waals surface area contributed by atoms with Crippen LogP contribution in [0.15, 0.2) is 12.7 Å². The number of carbonyl (C=O) groups excluding carboxylic acids is 2. The van der Waals surface area contributed by atoms with Gasteiger partial charge in [-0.25, -0.2) is 4.79 Å². The molecule has 2 unspecified atom stereocenters. The van der Waals surface area contributed by atoms with Crippen LogP contribution in [0.25, 0.3) is 0 Å². The Morgan fingerprint density at radius 3 is 2.72 bits per heavy atom. The second-order valence-electron chi connectivity index (χ2n) is 3.68. The van der Waals surface area contributed by atoms with Crippen molar-refractivity contribution in [3.63, 3.8) is 0 Å². The van der Waals surface area contributed by atoms with Crippen molar-refractivity contribution >= 4 is 23.5 Å². The zero-order chi connectivity index (χ0) is 14.0. The highest BCUT2D eigenvalue weighted by Crippen LogP contribution is 2.11. The zero-order valence-electron chi connectivity index (χ0n) is 10.4. The number of carbonyl (C=O) groups is 2. The molecule has 0 spiro atoms. The Balaban J connectivity index is 3.94. The number of rotatable bonds is 9. The molecule has 104 valence electrons. The Labute approximate surface area is 112 Å². The minimum absolute atomic E-state index is 0.0369. The molecule has 1 N–H and O–H groups in total. The van der Waals surface area contributed by atoms with Gasteiger partial charge in [-0.05, 0) is 12.8 Å². The van der Waals surface area contributed by atoms with Crippen molar-refractivity contribution in [2.75, 3.05) is 6.61 Å². The van der Waals surface area contributed by atoms with Crippen LogP contribution in [0.3, 0.4) is 0 Å². The fraction of sp³-hybridized carbons (Fsp3) is 0.667. The molecule has 6 heteroatoms. The van der Waals surface area contributed by atoms with Gasteiger partial charge >= 0.3 is 11.9 Å². The Bertz CT molecular complexity index is 280. The van der Waals surface area contributed by atoms with E-state index in [9.17, 15) is 14.7 Å². The molecule has 0 bridgehead atoms. The third kappa shape index (κ3) is 8.08. The van der Waals surface area contributed by atoms with Crippen molar-refractivity contribution in [3.05, 3.63) is 12.7 Å². The lowest BCUT2D eigenvalue weighted by Crippen LogP contribution is -2.29. The molecule has 0 aromatic carbocycles. The van der Waals surface area contributed by atoms with Crippen LogP contribution < -0.4 is 0 Å². The third-order valence-corrected chi connectivity index (χ3v) is 2.33. The number of esters is 2. The fourth-order valence-electron chi connectivity index (χ4n) is 1.08. The van der Waals surface area contributed by atoms with Gasteiger partial charge < -0.3 is 14.6 Å². The molecule has 0 amide bonds. The molecule has 0 saturated carbocycles. The van der Waals surface area contributed by atoms with E-state index in [1.54, 1.807) is 0 Å². The van der Waals surface area contributed by atoms with E-state index < -0.39 is 30.0 Å². The van der Waals surface area contributed by atoms with E-state index in [2.05, 4.69) is 11.3 Å². The van der Waals surface area contributed by atoms with Crippen LogP contribution >= 0.6 is 11.6 Å². The Morgan fingerprint density at radius 1 is 1.50 bits per heavy atom. The lowest BCUT2D eigenvalue weighted by atomic mass is 10.2. The molecule has 0 fully saturated rings. The van der Waals surface area contributed by atoms with Crippen LogP contribution in [0, 0.1) is 0 Å². The lowest BCUT2D eigenvalue weighted by Gasteiger charge is -2.13. The normalized spacial score (nSPS) is 13.5. The Morgan fingerprint density at radius 2 is 2.17 bits per heavy atom. The average molecular weight is 279 g/mol. The number of aliphatic hydroxyl groups excluding tert-OH is 1. The molecular weight excluding hydrogens is 260 g/mol. The molecule has 0 aliphatic heterocycles. The van der Waals surface area contributed by atoms with Gasteiger partial charge in [0, 0.05) is 0 Å². The zero-order valence-corrected chi connectivity index (χ0v) is 11.2. The molecule has 5 nitrogen and oxygen atoms in total. The fourth-order valence-corrected chi connectivity index (χ4v) is 1.32. The summed E-state index contributed by atoms with van der Waals surface area (Å²) >= 11 is 5.74. The molecule has 0 aromatic heterocycles. The Hall–Kier alpha value is -1.07. The quantitative estimate of drug-likeness (QED) is 0.395. The van der Waals surface area contributed by atoms with Gasteiger partial charge in [-0.3, -0.25) is 4.79 Å². The van der Waals surface area contributed by atoms with Gasteiger partial charge in [0.2, 0.25) is 0 Å². The van der Waals surface area contributed by atoms with Gasteiger partial charge in [-0.15, -0.1) is 0 Å². The highest BCUT2D eigenvalue weighted by molar-refractivity contribution is 6.20. The summed E-state index contributed by atoms with van der Waals surface area (Å²) in [5, 5.41) is 9.40. The average Bonchev–Trinajstić information content (AvgIpc) is 2.33. The van der Waals surface area contributed by atoms with Crippen molar-refractivity contribution in [2.45, 2.75) is 44.3 Å². The summed E-state index contributed by atoms with van der Waals surface area (Å²) in [5.41, 5.74) is -0.781. The van der Waals surface area contributed by atoms with E-state index in [1.807, 2.05) is 6.92 Å². The van der Waals surface area contributed by atoms with Crippen LogP contribution in [0.4, 0.5) is 0 Å². The standard InChI is InChI=1S/C12H19ClO5/c1-3-5-6-10(13)18-12(16)9(14)8-11(15)17-7-4-2/h4,9-10,14H,2-3,5-8H2,1H3. The lowest BCUT2D eigenvalue weighted by molar-refractivity contribution is -0.161. The van der Waals surface area contributed by atoms with Crippen molar-refractivity contribution in [2.24, 2.45) is 0 Å². The maximum absolute atomic E-state index is 11.3. The van der Waals surface area contributed by atoms with Crippen molar-refractivity contribution < 1.29 is 24.2 Å². The molecule has 0 saturated heterocycles. The molecule has 0 rings (SSSR count). The minimum atomic E-state index is -1.55. The molecule has 0 aliphatic rings. The summed E-state index contributed by atoms with van der Waals surface area (Å²) in [6.07, 6.45) is 1.64. The molecule has 0 radical (unpaired) electrons. The predicted octanol–water partition coefficient (Wildman–Crippen LogP) is 1.76. The second-order valence-corrected chi connectivity index (χ2v) is 4.17. The second kappa shape index (κ2) is 9.91. The van der Waals surface area contributed by atoms with E-state index >= 15 is 0 Å². The largest absolute Gasteiger partial charge is 0.461 e. The van der Waals surface area contributed by atoms with Crippen LogP contribution in [-0.4, -0.2) is 35.3 Å². The summed E-state index contributed by atoms with van der Waals surface area (Å²) < 4.78 is 9.39. The minimum Gasteiger partial charge on any atom is -0.461 e. The van der Waals surface area contributed by atoms with Crippen LogP contribution in [0.5, 0.6) is 0 Å². The van der Waals surface area contributed by atoms with Crippen molar-refractivity contribution in [1.29, 1.82) is 0 Å². The van der Waals surface area contributed by atoms with Gasteiger partial charge in [-0.1, -0.05) is 37.6 Å². The van der Waals surface area contributed by atoms with Crippen molar-refractivity contribution in [1.82, 2.24) is 0 Å². The topological polar surface area (TPSA) is 72.8 Å². The number of unbranched alkanes of at least 4 members (excludes halogenated alkanes) is 1. The van der Waals surface area contributed by atoms with E-state index in [1.165, 1.54) is 6.08 Å². The third-order valence-electron chi connectivity index (χ3n) is 2.02. The number of ether oxygens (including phenoxy) is 2. The maximum Gasteiger partial charge on any atom is 0.337 e. The predicted molar refractivity (Wildman–Crippen MR) is 67.0 cm³/mol. The number of hydrogen-bond acceptors (Lipinski definition) is 5. The summed E-state index contributed by atoms with van der Waals surface area (Å²) in [6, 6.07) is 0. The van der Waals surface area contributed by atoms with E-state index in [0.29, 0.717) is 6.42 Å². The molecular formula is C12H19ClO5. The number of alkyl halides is 1. The highest BCUT2D eigenvalue weighted by atomic mass is 35.5. The maximum atomic E-state index is 11.3. The number of aliphatic hydroxyl groups is 1. The molecule has 18 heavy (non-hydrogen) atoms. The van der Waals surface area contributed by atoms with Gasteiger partial charge in [0.1, 0.15) is 6.61 Å². The van der Waals surface area contributed by atoms with Crippen LogP contribution in [0.1, 0.15) is 32.6 Å². The molecule has 0 aromatic rings. The first-order valence-corrected chi connectivity index (χ1v) is 6.24. The summed E-state index contributed by atoms with van der Waals surface area (Å²) in [7, 11) is 0. The van der Waals surface area contributed by atoms with Gasteiger partial charge in [-0.2, -0.15) is 0 Å². The Kier molecular flexibility index (Phi) is 9.32. The van der Waals surface area contributed by atoms with Gasteiger partial charge in [0.15, 0.2) is 11.7 Å². The summed E-state index contributed by atoms with van der Waals surface area (Å²) in [6.45, 7) is 5.38. The van der Waals surface area contributed by atoms with Gasteiger partial charge in [0.05, 0.1) is 6.42 Å². The summed E-state index contributed by atoms with van der Waals surface area (Å²) in [4.78, 5) is 22.4. The molecule has 2 atom stereocenters. The van der Waals surface area contributed by atoms with E-state index in [-0.39, 0.29) is 6.61 Å². The van der Waals surface area contributed by atoms with Gasteiger partial charge in [0.25, 0.3) is 0 Å². The number of halogens is 1.